The van der Waals surface area contributed by atoms with Crippen LogP contribution in [0.5, 0.6) is 0 Å². The maximum absolute atomic E-state index is 12.5. The Labute approximate surface area is 129 Å². The average molecular weight is 342 g/mol. The Hall–Kier alpha value is -2.27. The van der Waals surface area contributed by atoms with E-state index < -0.39 is 0 Å². The Morgan fingerprint density at radius 1 is 1.19 bits per heavy atom. The van der Waals surface area contributed by atoms with Crippen molar-refractivity contribution < 1.29 is 0 Å². The summed E-state index contributed by atoms with van der Waals surface area (Å²) in [6.45, 7) is 1.77. The van der Waals surface area contributed by atoms with Gasteiger partial charge in [0.1, 0.15) is 5.82 Å². The molecule has 3 rings (SSSR count). The molecule has 1 heterocycles. The van der Waals surface area contributed by atoms with Crippen LogP contribution < -0.4 is 5.56 Å². The molecule has 0 aliphatic carbocycles. The van der Waals surface area contributed by atoms with Gasteiger partial charge in [0.2, 0.25) is 0 Å². The quantitative estimate of drug-likeness (QED) is 0.671. The lowest BCUT2D eigenvalue weighted by atomic mass is 10.2. The van der Waals surface area contributed by atoms with Gasteiger partial charge in [-0.15, -0.1) is 0 Å². The number of rotatable bonds is 2. The van der Waals surface area contributed by atoms with Gasteiger partial charge in [-0.2, -0.15) is 9.78 Å². The minimum atomic E-state index is -0.175. The van der Waals surface area contributed by atoms with Crippen molar-refractivity contribution in [3.63, 3.8) is 0 Å². The largest absolute Gasteiger partial charge is 0.282 e. The molecule has 0 spiro atoms. The van der Waals surface area contributed by atoms with Crippen LogP contribution in [0.25, 0.3) is 10.9 Å². The Kier molecular flexibility index (Phi) is 3.66. The van der Waals surface area contributed by atoms with Crippen molar-refractivity contribution in [1.82, 2.24) is 9.66 Å². The molecule has 0 aliphatic rings. The second kappa shape index (κ2) is 5.61. The van der Waals surface area contributed by atoms with E-state index in [1.807, 2.05) is 42.5 Å². The van der Waals surface area contributed by atoms with E-state index >= 15 is 0 Å². The van der Waals surface area contributed by atoms with Crippen LogP contribution in [0.1, 0.15) is 11.4 Å². The van der Waals surface area contributed by atoms with Crippen LogP contribution in [0.2, 0.25) is 0 Å². The summed E-state index contributed by atoms with van der Waals surface area (Å²) >= 11 is 3.37. The highest BCUT2D eigenvalue weighted by molar-refractivity contribution is 9.10. The molecule has 0 amide bonds. The summed E-state index contributed by atoms with van der Waals surface area (Å²) in [5, 5.41) is 4.80. The molecule has 0 bridgehead atoms. The Morgan fingerprint density at radius 3 is 2.71 bits per heavy atom. The lowest BCUT2D eigenvalue weighted by Gasteiger charge is -2.05. The summed E-state index contributed by atoms with van der Waals surface area (Å²) in [6, 6.07) is 15.1. The summed E-state index contributed by atoms with van der Waals surface area (Å²) < 4.78 is 2.17. The van der Waals surface area contributed by atoms with E-state index in [1.54, 1.807) is 19.2 Å². The van der Waals surface area contributed by atoms with Crippen molar-refractivity contribution in [1.29, 1.82) is 0 Å². The van der Waals surface area contributed by atoms with Crippen molar-refractivity contribution in [3.8, 4) is 0 Å². The molecule has 0 saturated heterocycles. The van der Waals surface area contributed by atoms with Gasteiger partial charge in [-0.1, -0.05) is 46.3 Å². The number of hydrogen-bond acceptors (Lipinski definition) is 3. The maximum Gasteiger partial charge on any atom is 0.282 e. The van der Waals surface area contributed by atoms with E-state index in [2.05, 4.69) is 26.0 Å². The Bertz CT molecular complexity index is 885. The molecular formula is C16H12BrN3O. The molecule has 21 heavy (non-hydrogen) atoms. The average Bonchev–Trinajstić information content (AvgIpc) is 2.49. The molecular weight excluding hydrogens is 330 g/mol. The molecule has 0 aliphatic heterocycles. The SMILES string of the molecule is Cc1nc2ccc(Br)cc2c(=O)n1N=Cc1ccccc1. The van der Waals surface area contributed by atoms with E-state index in [9.17, 15) is 4.79 Å². The fraction of sp³-hybridized carbons (Fsp3) is 0.0625. The Morgan fingerprint density at radius 2 is 1.95 bits per heavy atom. The van der Waals surface area contributed by atoms with E-state index in [0.717, 1.165) is 10.0 Å². The van der Waals surface area contributed by atoms with Gasteiger partial charge in [0.05, 0.1) is 17.1 Å². The topological polar surface area (TPSA) is 47.2 Å². The lowest BCUT2D eigenvalue weighted by Crippen LogP contribution is -2.20. The van der Waals surface area contributed by atoms with Crippen LogP contribution in [-0.4, -0.2) is 15.9 Å². The third-order valence-corrected chi connectivity index (χ3v) is 3.59. The molecule has 0 N–H and O–H groups in total. The van der Waals surface area contributed by atoms with Crippen LogP contribution in [0.3, 0.4) is 0 Å². The first kappa shape index (κ1) is 13.7. The normalized spacial score (nSPS) is 11.3. The van der Waals surface area contributed by atoms with E-state index in [-0.39, 0.29) is 5.56 Å². The van der Waals surface area contributed by atoms with Gasteiger partial charge in [-0.3, -0.25) is 4.79 Å². The van der Waals surface area contributed by atoms with Crippen molar-refractivity contribution in [2.24, 2.45) is 5.10 Å². The van der Waals surface area contributed by atoms with Gasteiger partial charge in [-0.05, 0) is 30.7 Å². The zero-order valence-corrected chi connectivity index (χ0v) is 12.9. The van der Waals surface area contributed by atoms with Crippen LogP contribution in [-0.2, 0) is 0 Å². The number of aryl methyl sites for hydroxylation is 1. The number of hydrogen-bond donors (Lipinski definition) is 0. The zero-order chi connectivity index (χ0) is 14.8. The molecule has 0 atom stereocenters. The van der Waals surface area contributed by atoms with Gasteiger partial charge in [0, 0.05) is 4.47 Å². The smallest absolute Gasteiger partial charge is 0.267 e. The van der Waals surface area contributed by atoms with Crippen LogP contribution in [0.4, 0.5) is 0 Å². The number of halogens is 1. The third-order valence-electron chi connectivity index (χ3n) is 3.09. The summed E-state index contributed by atoms with van der Waals surface area (Å²) in [6.07, 6.45) is 1.65. The third kappa shape index (κ3) is 2.78. The van der Waals surface area contributed by atoms with Crippen molar-refractivity contribution in [2.45, 2.75) is 6.92 Å². The number of fused-ring (bicyclic) bond motifs is 1. The predicted octanol–water partition coefficient (Wildman–Crippen LogP) is 3.35. The summed E-state index contributed by atoms with van der Waals surface area (Å²) in [7, 11) is 0. The number of aromatic nitrogens is 2. The van der Waals surface area contributed by atoms with Gasteiger partial charge in [0.25, 0.3) is 5.56 Å². The molecule has 2 aromatic carbocycles. The first-order valence-electron chi connectivity index (χ1n) is 6.43. The van der Waals surface area contributed by atoms with Crippen LogP contribution >= 0.6 is 15.9 Å². The fourth-order valence-electron chi connectivity index (χ4n) is 2.06. The molecule has 104 valence electrons. The minimum Gasteiger partial charge on any atom is -0.267 e. The van der Waals surface area contributed by atoms with Crippen molar-refractivity contribution >= 4 is 33.0 Å². The standard InChI is InChI=1S/C16H12BrN3O/c1-11-19-15-8-7-13(17)9-14(15)16(21)20(11)18-10-12-5-3-2-4-6-12/h2-10H,1H3. The molecule has 4 nitrogen and oxygen atoms in total. The second-order valence-electron chi connectivity index (χ2n) is 4.59. The van der Waals surface area contributed by atoms with Crippen LogP contribution in [0.15, 0.2) is 62.9 Å². The van der Waals surface area contributed by atoms with Crippen molar-refractivity contribution in [2.75, 3.05) is 0 Å². The van der Waals surface area contributed by atoms with Gasteiger partial charge in [-0.25, -0.2) is 4.98 Å². The summed E-state index contributed by atoms with van der Waals surface area (Å²) in [4.78, 5) is 16.9. The minimum absolute atomic E-state index is 0.175. The zero-order valence-electron chi connectivity index (χ0n) is 11.3. The highest BCUT2D eigenvalue weighted by atomic mass is 79.9. The van der Waals surface area contributed by atoms with E-state index in [1.165, 1.54) is 4.68 Å². The highest BCUT2D eigenvalue weighted by Gasteiger charge is 2.07. The number of benzene rings is 2. The van der Waals surface area contributed by atoms with Crippen molar-refractivity contribution in [3.05, 3.63) is 74.7 Å². The number of nitrogens with zero attached hydrogens (tertiary/aromatic N) is 3. The van der Waals surface area contributed by atoms with Crippen LogP contribution in [0, 0.1) is 6.92 Å². The monoisotopic (exact) mass is 341 g/mol. The molecule has 5 heteroatoms. The summed E-state index contributed by atoms with van der Waals surface area (Å²) in [5.41, 5.74) is 1.43. The van der Waals surface area contributed by atoms with Gasteiger partial charge < -0.3 is 0 Å². The summed E-state index contributed by atoms with van der Waals surface area (Å²) in [5.74, 6) is 0.557. The van der Waals surface area contributed by atoms with Gasteiger partial charge in [0.15, 0.2) is 0 Å². The van der Waals surface area contributed by atoms with E-state index in [0.29, 0.717) is 16.7 Å². The molecule has 0 saturated carbocycles. The first-order valence-corrected chi connectivity index (χ1v) is 7.23. The maximum atomic E-state index is 12.5. The molecule has 0 unspecified atom stereocenters. The fourth-order valence-corrected chi connectivity index (χ4v) is 2.42. The second-order valence-corrected chi connectivity index (χ2v) is 5.51. The van der Waals surface area contributed by atoms with Gasteiger partial charge >= 0.3 is 0 Å². The molecule has 1 aromatic heterocycles. The predicted molar refractivity (Wildman–Crippen MR) is 87.9 cm³/mol. The Balaban J connectivity index is 2.14. The lowest BCUT2D eigenvalue weighted by molar-refractivity contribution is 0.771. The van der Waals surface area contributed by atoms with E-state index in [4.69, 9.17) is 0 Å². The molecule has 3 aromatic rings. The highest BCUT2D eigenvalue weighted by Crippen LogP contribution is 2.15. The molecule has 0 fully saturated rings. The molecule has 0 radical (unpaired) electrons. The first-order chi connectivity index (χ1) is 10.1.